The summed E-state index contributed by atoms with van der Waals surface area (Å²) in [7, 11) is 1.05. The van der Waals surface area contributed by atoms with E-state index < -0.39 is 60.6 Å². The van der Waals surface area contributed by atoms with Crippen LogP contribution in [0.4, 0.5) is 0 Å². The molecule has 0 radical (unpaired) electrons. The molecule has 174 valence electrons. The molecule has 1 aliphatic rings. The molecular weight excluding hydrogens is 432 g/mol. The fraction of sp³-hybridized carbons (Fsp3) is 0.450. The molecule has 12 heteroatoms. The third-order valence-electron chi connectivity index (χ3n) is 4.20. The smallest absolute Gasteiger partial charge is 0.339 e. The van der Waals surface area contributed by atoms with Gasteiger partial charge in [0.1, 0.15) is 11.3 Å². The molecule has 1 aromatic carbocycles. The van der Waals surface area contributed by atoms with Crippen LogP contribution in [-0.4, -0.2) is 72.8 Å². The van der Waals surface area contributed by atoms with E-state index in [0.29, 0.717) is 0 Å². The second-order valence-corrected chi connectivity index (χ2v) is 6.59. The van der Waals surface area contributed by atoms with Crippen LogP contribution < -0.4 is 4.74 Å². The first kappa shape index (κ1) is 24.6. The van der Waals surface area contributed by atoms with Gasteiger partial charge in [0.05, 0.1) is 7.11 Å². The molecule has 5 atom stereocenters. The molecule has 0 aliphatic carbocycles. The number of methoxy groups -OCH3 is 1. The lowest BCUT2D eigenvalue weighted by Gasteiger charge is -2.43. The average Bonchev–Trinajstić information content (AvgIpc) is 2.70. The minimum Gasteiger partial charge on any atom is -0.478 e. The van der Waals surface area contributed by atoms with Crippen molar-refractivity contribution in [2.45, 2.75) is 51.5 Å². The number of ether oxygens (including phenoxy) is 6. The lowest BCUT2D eigenvalue weighted by atomic mass is 9.97. The first-order chi connectivity index (χ1) is 15.0. The summed E-state index contributed by atoms with van der Waals surface area (Å²) in [6, 6.07) is 5.50. The van der Waals surface area contributed by atoms with E-state index in [1.165, 1.54) is 24.3 Å². The maximum absolute atomic E-state index is 12.4. The predicted octanol–water partition coefficient (Wildman–Crippen LogP) is 0.457. The number of hydrogen-bond acceptors (Lipinski definition) is 11. The third-order valence-corrected chi connectivity index (χ3v) is 4.20. The van der Waals surface area contributed by atoms with Crippen LogP contribution in [0.3, 0.4) is 0 Å². The van der Waals surface area contributed by atoms with Crippen LogP contribution in [0.1, 0.15) is 31.1 Å². The summed E-state index contributed by atoms with van der Waals surface area (Å²) in [5.41, 5.74) is -0.251. The quantitative estimate of drug-likeness (QED) is 0.448. The minimum atomic E-state index is -1.65. The van der Waals surface area contributed by atoms with E-state index in [0.717, 1.165) is 27.9 Å². The van der Waals surface area contributed by atoms with Crippen LogP contribution in [0.15, 0.2) is 24.3 Å². The summed E-state index contributed by atoms with van der Waals surface area (Å²) >= 11 is 0. The van der Waals surface area contributed by atoms with Crippen LogP contribution >= 0.6 is 0 Å². The van der Waals surface area contributed by atoms with Crippen molar-refractivity contribution in [2.24, 2.45) is 0 Å². The first-order valence-corrected chi connectivity index (χ1v) is 9.29. The Hall–Kier alpha value is -3.67. The van der Waals surface area contributed by atoms with Crippen LogP contribution in [0.5, 0.6) is 5.75 Å². The Morgan fingerprint density at radius 3 is 1.91 bits per heavy atom. The van der Waals surface area contributed by atoms with Gasteiger partial charge in [0.15, 0.2) is 18.3 Å². The zero-order valence-corrected chi connectivity index (χ0v) is 17.6. The highest BCUT2D eigenvalue weighted by atomic mass is 16.7. The standard InChI is InChI=1S/C20H22O12/c1-9(21)28-14-15(29-10(2)22)17(30-11(3)23)20(32-16(14)19(26)27-4)31-13-8-6-5-7-12(13)18(24)25/h5-8,14-17,20H,1-4H3,(H,24,25)/t14-,15-,16-,17+,20-/m0/s1. The Morgan fingerprint density at radius 1 is 0.844 bits per heavy atom. The fourth-order valence-corrected chi connectivity index (χ4v) is 3.05. The largest absolute Gasteiger partial charge is 0.478 e. The highest BCUT2D eigenvalue weighted by Crippen LogP contribution is 2.32. The third kappa shape index (κ3) is 5.94. The minimum absolute atomic E-state index is 0.182. The maximum Gasteiger partial charge on any atom is 0.339 e. The van der Waals surface area contributed by atoms with Crippen LogP contribution in [-0.2, 0) is 42.9 Å². The molecule has 1 N–H and O–H groups in total. The van der Waals surface area contributed by atoms with Crippen molar-refractivity contribution in [3.63, 3.8) is 0 Å². The molecule has 0 spiro atoms. The van der Waals surface area contributed by atoms with E-state index in [1.807, 2.05) is 0 Å². The molecule has 2 rings (SSSR count). The molecule has 0 saturated carbocycles. The summed E-state index contributed by atoms with van der Waals surface area (Å²) in [5, 5.41) is 9.39. The fourth-order valence-electron chi connectivity index (χ4n) is 3.05. The molecule has 32 heavy (non-hydrogen) atoms. The Labute approximate surface area is 182 Å². The molecule has 1 aromatic rings. The van der Waals surface area contributed by atoms with Crippen LogP contribution in [0.25, 0.3) is 0 Å². The Morgan fingerprint density at radius 2 is 1.38 bits per heavy atom. The molecule has 0 amide bonds. The molecular formula is C20H22O12. The van der Waals surface area contributed by atoms with Crippen molar-refractivity contribution < 1.29 is 57.5 Å². The van der Waals surface area contributed by atoms with Gasteiger partial charge in [0.25, 0.3) is 0 Å². The van der Waals surface area contributed by atoms with Gasteiger partial charge < -0.3 is 33.5 Å². The van der Waals surface area contributed by atoms with Crippen molar-refractivity contribution in [3.05, 3.63) is 29.8 Å². The Kier molecular flexibility index (Phi) is 8.13. The van der Waals surface area contributed by atoms with Crippen molar-refractivity contribution in [3.8, 4) is 5.75 Å². The van der Waals surface area contributed by atoms with Crippen molar-refractivity contribution in [1.82, 2.24) is 0 Å². The summed E-state index contributed by atoms with van der Waals surface area (Å²) in [5.74, 6) is -5.04. The molecule has 1 heterocycles. The zero-order chi connectivity index (χ0) is 24.0. The normalized spacial score (nSPS) is 24.6. The summed E-state index contributed by atoms with van der Waals surface area (Å²) in [4.78, 5) is 59.0. The van der Waals surface area contributed by atoms with Gasteiger partial charge in [0.2, 0.25) is 12.4 Å². The van der Waals surface area contributed by atoms with Crippen LogP contribution in [0.2, 0.25) is 0 Å². The molecule has 0 aromatic heterocycles. The first-order valence-electron chi connectivity index (χ1n) is 9.29. The maximum atomic E-state index is 12.4. The monoisotopic (exact) mass is 454 g/mol. The lowest BCUT2D eigenvalue weighted by Crippen LogP contribution is -2.64. The van der Waals surface area contributed by atoms with Gasteiger partial charge in [-0.15, -0.1) is 0 Å². The summed E-state index contributed by atoms with van der Waals surface area (Å²) in [6.45, 7) is 3.15. The topological polar surface area (TPSA) is 161 Å². The van der Waals surface area contributed by atoms with E-state index >= 15 is 0 Å². The van der Waals surface area contributed by atoms with E-state index in [9.17, 15) is 29.1 Å². The molecule has 1 aliphatic heterocycles. The number of benzene rings is 1. The number of rotatable bonds is 7. The lowest BCUT2D eigenvalue weighted by molar-refractivity contribution is -0.282. The van der Waals surface area contributed by atoms with Crippen molar-refractivity contribution >= 4 is 29.8 Å². The summed E-state index contributed by atoms with van der Waals surface area (Å²) in [6.07, 6.45) is -7.92. The van der Waals surface area contributed by atoms with Gasteiger partial charge in [-0.1, -0.05) is 12.1 Å². The number of carboxylic acids is 1. The van der Waals surface area contributed by atoms with Crippen molar-refractivity contribution in [1.29, 1.82) is 0 Å². The highest BCUT2D eigenvalue weighted by molar-refractivity contribution is 5.90. The molecule has 12 nitrogen and oxygen atoms in total. The van der Waals surface area contributed by atoms with Gasteiger partial charge >= 0.3 is 29.8 Å². The van der Waals surface area contributed by atoms with Gasteiger partial charge in [0, 0.05) is 20.8 Å². The number of aromatic carboxylic acids is 1. The van der Waals surface area contributed by atoms with Gasteiger partial charge in [-0.25, -0.2) is 9.59 Å². The molecule has 1 saturated heterocycles. The molecule has 0 bridgehead atoms. The van der Waals surface area contributed by atoms with E-state index in [4.69, 9.17) is 23.7 Å². The second kappa shape index (κ2) is 10.6. The predicted molar refractivity (Wildman–Crippen MR) is 101 cm³/mol. The SMILES string of the molecule is COC(=O)[C@H]1O[C@H](Oc2ccccc2C(=O)O)[C@H](OC(C)=O)[C@@H](OC(C)=O)[C@@H]1OC(C)=O. The average molecular weight is 454 g/mol. The number of para-hydroxylation sites is 1. The number of carboxylic acid groups (broad SMARTS) is 1. The van der Waals surface area contributed by atoms with Gasteiger partial charge in [-0.2, -0.15) is 0 Å². The number of carbonyl (C=O) groups is 5. The Balaban J connectivity index is 2.56. The Bertz CT molecular complexity index is 894. The zero-order valence-electron chi connectivity index (χ0n) is 17.6. The number of carbonyl (C=O) groups excluding carboxylic acids is 4. The highest BCUT2D eigenvalue weighted by Gasteiger charge is 2.56. The van der Waals surface area contributed by atoms with Gasteiger partial charge in [-0.05, 0) is 12.1 Å². The van der Waals surface area contributed by atoms with Crippen molar-refractivity contribution in [2.75, 3.05) is 7.11 Å². The van der Waals surface area contributed by atoms with E-state index in [1.54, 1.807) is 0 Å². The number of esters is 4. The second-order valence-electron chi connectivity index (χ2n) is 6.59. The molecule has 1 fully saturated rings. The van der Waals surface area contributed by atoms with Crippen LogP contribution in [0, 0.1) is 0 Å². The number of hydrogen-bond donors (Lipinski definition) is 1. The molecule has 0 unspecified atom stereocenters. The van der Waals surface area contributed by atoms with Gasteiger partial charge in [-0.3, -0.25) is 14.4 Å². The summed E-state index contributed by atoms with van der Waals surface area (Å²) < 4.78 is 31.4. The van der Waals surface area contributed by atoms with E-state index in [2.05, 4.69) is 4.74 Å². The van der Waals surface area contributed by atoms with E-state index in [-0.39, 0.29) is 11.3 Å².